The van der Waals surface area contributed by atoms with Gasteiger partial charge in [-0.25, -0.2) is 4.79 Å². The molecule has 0 aliphatic carbocycles. The van der Waals surface area contributed by atoms with Crippen LogP contribution in [0.15, 0.2) is 6.07 Å². The average molecular weight is 457 g/mol. The molecule has 9 nitrogen and oxygen atoms in total. The highest BCUT2D eigenvalue weighted by molar-refractivity contribution is 7.14. The number of piperidine rings is 1. The lowest BCUT2D eigenvalue weighted by molar-refractivity contribution is -0.123. The maximum Gasteiger partial charge on any atom is 0.345 e. The highest BCUT2D eigenvalue weighted by atomic mass is 32.1. The number of thiophene rings is 1. The summed E-state index contributed by atoms with van der Waals surface area (Å²) in [7, 11) is 0. The monoisotopic (exact) mass is 456 g/mol. The van der Waals surface area contributed by atoms with Gasteiger partial charge >= 0.3 is 5.97 Å². The van der Waals surface area contributed by atoms with Gasteiger partial charge in [-0.2, -0.15) is 0 Å². The smallest absolute Gasteiger partial charge is 0.345 e. The van der Waals surface area contributed by atoms with Gasteiger partial charge in [0.25, 0.3) is 12.9 Å². The van der Waals surface area contributed by atoms with Crippen LogP contribution in [0.4, 0.5) is 0 Å². The summed E-state index contributed by atoms with van der Waals surface area (Å²) in [4.78, 5) is 34.9. The molecule has 0 radical (unpaired) electrons. The molecule has 2 fully saturated rings. The molecule has 3 aliphatic rings. The molecular formula is C21H32N2O7S. The van der Waals surface area contributed by atoms with Crippen molar-refractivity contribution in [2.45, 2.75) is 38.2 Å². The van der Waals surface area contributed by atoms with Crippen molar-refractivity contribution in [3.8, 4) is 0 Å². The third-order valence-electron chi connectivity index (χ3n) is 6.18. The minimum absolute atomic E-state index is 0.229. The normalized spacial score (nSPS) is 22.4. The van der Waals surface area contributed by atoms with E-state index < -0.39 is 5.97 Å². The van der Waals surface area contributed by atoms with Crippen molar-refractivity contribution in [3.63, 3.8) is 0 Å². The largest absolute Gasteiger partial charge is 0.483 e. The first-order chi connectivity index (χ1) is 14.9. The van der Waals surface area contributed by atoms with Crippen LogP contribution in [-0.2, 0) is 26.3 Å². The van der Waals surface area contributed by atoms with E-state index in [1.54, 1.807) is 0 Å². The Hall–Kier alpha value is -2.01. The van der Waals surface area contributed by atoms with Gasteiger partial charge in [0.2, 0.25) is 0 Å². The van der Waals surface area contributed by atoms with E-state index in [1.807, 2.05) is 6.07 Å². The molecule has 3 aliphatic heterocycles. The van der Waals surface area contributed by atoms with Crippen molar-refractivity contribution >= 4 is 30.3 Å². The maximum absolute atomic E-state index is 11.3. The molecule has 1 aromatic rings. The molecule has 31 heavy (non-hydrogen) atoms. The van der Waals surface area contributed by atoms with Crippen molar-refractivity contribution < 1.29 is 34.4 Å². The molecule has 1 spiro atoms. The Balaban J connectivity index is 0.000000513. The molecule has 174 valence electrons. The van der Waals surface area contributed by atoms with E-state index in [9.17, 15) is 9.90 Å². The number of ether oxygens (including phenoxy) is 1. The van der Waals surface area contributed by atoms with Gasteiger partial charge in [0.05, 0.1) is 6.61 Å². The average Bonchev–Trinajstić information content (AvgIpc) is 3.39. The Labute approximate surface area is 186 Å². The number of carbonyl (C=O) groups is 3. The number of fused-ring (bicyclic) bond motifs is 2. The van der Waals surface area contributed by atoms with E-state index in [0.29, 0.717) is 4.88 Å². The van der Waals surface area contributed by atoms with E-state index in [2.05, 4.69) is 16.7 Å². The molecule has 0 aromatic carbocycles. The summed E-state index contributed by atoms with van der Waals surface area (Å²) in [5.41, 5.74) is 0.976. The van der Waals surface area contributed by atoms with Gasteiger partial charge in [-0.15, -0.1) is 11.3 Å². The van der Waals surface area contributed by atoms with Gasteiger partial charge in [-0.1, -0.05) is 6.92 Å². The van der Waals surface area contributed by atoms with Gasteiger partial charge in [-0.3, -0.25) is 9.59 Å². The summed E-state index contributed by atoms with van der Waals surface area (Å²) < 4.78 is 6.26. The standard InChI is InChI=1S/C19H28N2O3S.2CH2O2/c1-2-20-7-3-14(12-20)13-21-8-5-19(6-9-21)17-15(4-10-24-19)11-16(25-17)18(22)23;2*2-1-3/h11,14H,2-10,12-13H2,1H3,(H,22,23);2*1H,(H,2,3). The summed E-state index contributed by atoms with van der Waals surface area (Å²) in [6.45, 7) is 9.44. The van der Waals surface area contributed by atoms with Gasteiger partial charge in [0.15, 0.2) is 0 Å². The first kappa shape index (κ1) is 25.3. The van der Waals surface area contributed by atoms with Gasteiger partial charge < -0.3 is 29.9 Å². The van der Waals surface area contributed by atoms with E-state index in [4.69, 9.17) is 24.5 Å². The van der Waals surface area contributed by atoms with Crippen molar-refractivity contribution in [1.29, 1.82) is 0 Å². The fourth-order valence-corrected chi connectivity index (χ4v) is 5.96. The number of hydrogen-bond donors (Lipinski definition) is 3. The van der Waals surface area contributed by atoms with E-state index in [-0.39, 0.29) is 18.5 Å². The molecular weight excluding hydrogens is 424 g/mol. The minimum atomic E-state index is -0.811. The second-order valence-corrected chi connectivity index (χ2v) is 8.97. The van der Waals surface area contributed by atoms with E-state index >= 15 is 0 Å². The molecule has 4 heterocycles. The fraction of sp³-hybridized carbons (Fsp3) is 0.667. The van der Waals surface area contributed by atoms with Crippen LogP contribution in [0.1, 0.15) is 46.3 Å². The second kappa shape index (κ2) is 12.1. The molecule has 1 atom stereocenters. The van der Waals surface area contributed by atoms with Crippen molar-refractivity contribution in [2.75, 3.05) is 45.9 Å². The lowest BCUT2D eigenvalue weighted by Crippen LogP contribution is -2.47. The zero-order valence-electron chi connectivity index (χ0n) is 17.9. The van der Waals surface area contributed by atoms with Crippen LogP contribution in [0.2, 0.25) is 0 Å². The Kier molecular flexibility index (Phi) is 9.89. The predicted octanol–water partition coefficient (Wildman–Crippen LogP) is 2.05. The summed E-state index contributed by atoms with van der Waals surface area (Å²) >= 11 is 1.44. The fourth-order valence-electron chi connectivity index (χ4n) is 4.71. The first-order valence-electron chi connectivity index (χ1n) is 10.5. The molecule has 0 bridgehead atoms. The highest BCUT2D eigenvalue weighted by Gasteiger charge is 2.43. The summed E-state index contributed by atoms with van der Waals surface area (Å²) in [6.07, 6.45) is 4.15. The number of aromatic carboxylic acids is 1. The molecule has 0 amide bonds. The van der Waals surface area contributed by atoms with E-state index in [0.717, 1.165) is 44.9 Å². The number of carboxylic acid groups (broad SMARTS) is 3. The zero-order valence-corrected chi connectivity index (χ0v) is 18.7. The van der Waals surface area contributed by atoms with Crippen LogP contribution in [0.3, 0.4) is 0 Å². The predicted molar refractivity (Wildman–Crippen MR) is 116 cm³/mol. The number of nitrogens with zero attached hydrogens (tertiary/aromatic N) is 2. The van der Waals surface area contributed by atoms with Crippen LogP contribution < -0.4 is 0 Å². The first-order valence-corrected chi connectivity index (χ1v) is 11.4. The molecule has 0 saturated carbocycles. The highest BCUT2D eigenvalue weighted by Crippen LogP contribution is 2.45. The van der Waals surface area contributed by atoms with Gasteiger partial charge in [-0.05, 0) is 56.3 Å². The topological polar surface area (TPSA) is 128 Å². The Morgan fingerprint density at radius 2 is 1.87 bits per heavy atom. The quantitative estimate of drug-likeness (QED) is 0.583. The molecule has 3 N–H and O–H groups in total. The molecule has 1 aromatic heterocycles. The zero-order chi connectivity index (χ0) is 22.9. The SMILES string of the molecule is CCN1CCC(CN2CCC3(CC2)OCCc2cc(C(=O)O)sc23)C1.O=CO.O=CO. The number of hydrogen-bond acceptors (Lipinski definition) is 7. The maximum atomic E-state index is 11.3. The third kappa shape index (κ3) is 6.49. The second-order valence-electron chi connectivity index (χ2n) is 7.92. The minimum Gasteiger partial charge on any atom is -0.483 e. The van der Waals surface area contributed by atoms with Crippen molar-refractivity contribution in [2.24, 2.45) is 5.92 Å². The molecule has 2 saturated heterocycles. The Bertz CT molecular complexity index is 725. The van der Waals surface area contributed by atoms with Crippen molar-refractivity contribution in [1.82, 2.24) is 9.80 Å². The Morgan fingerprint density at radius 3 is 2.42 bits per heavy atom. The van der Waals surface area contributed by atoms with E-state index in [1.165, 1.54) is 54.4 Å². The van der Waals surface area contributed by atoms with Crippen LogP contribution in [0.5, 0.6) is 0 Å². The van der Waals surface area contributed by atoms with Crippen LogP contribution in [-0.4, -0.2) is 89.9 Å². The van der Waals surface area contributed by atoms with Crippen LogP contribution in [0, 0.1) is 5.92 Å². The van der Waals surface area contributed by atoms with Gasteiger partial charge in [0.1, 0.15) is 10.5 Å². The van der Waals surface area contributed by atoms with Gasteiger partial charge in [0, 0.05) is 31.1 Å². The number of likely N-dealkylation sites (tertiary alicyclic amines) is 2. The number of carboxylic acids is 1. The lowest BCUT2D eigenvalue weighted by Gasteiger charge is -2.44. The Morgan fingerprint density at radius 1 is 1.23 bits per heavy atom. The number of rotatable bonds is 4. The third-order valence-corrected chi connectivity index (χ3v) is 7.53. The molecule has 10 heteroatoms. The lowest BCUT2D eigenvalue weighted by atomic mass is 9.85. The van der Waals surface area contributed by atoms with Crippen LogP contribution >= 0.6 is 11.3 Å². The van der Waals surface area contributed by atoms with Crippen LogP contribution in [0.25, 0.3) is 0 Å². The summed E-state index contributed by atoms with van der Waals surface area (Å²) in [6, 6.07) is 1.87. The summed E-state index contributed by atoms with van der Waals surface area (Å²) in [5.74, 6) is -0.00844. The molecule has 1 unspecified atom stereocenters. The summed E-state index contributed by atoms with van der Waals surface area (Å²) in [5, 5.41) is 23.1. The van der Waals surface area contributed by atoms with Crippen molar-refractivity contribution in [3.05, 3.63) is 21.4 Å². The molecule has 4 rings (SSSR count).